The molecule has 1 aromatic carbocycles. The monoisotopic (exact) mass is 341 g/mol. The van der Waals surface area contributed by atoms with E-state index in [1.165, 1.54) is 0 Å². The number of hydrogen-bond acceptors (Lipinski definition) is 2. The van der Waals surface area contributed by atoms with E-state index in [0.29, 0.717) is 11.3 Å². The molecule has 0 aliphatic heterocycles. The van der Waals surface area contributed by atoms with Crippen molar-refractivity contribution in [1.29, 1.82) is 0 Å². The summed E-state index contributed by atoms with van der Waals surface area (Å²) in [6, 6.07) is 5.78. The molecule has 1 unspecified atom stereocenters. The van der Waals surface area contributed by atoms with Gasteiger partial charge in [0.1, 0.15) is 5.75 Å². The van der Waals surface area contributed by atoms with Crippen molar-refractivity contribution >= 4 is 21.8 Å². The lowest BCUT2D eigenvalue weighted by atomic mass is 10.1. The zero-order valence-electron chi connectivity index (χ0n) is 12.8. The molecular weight excluding hydrogens is 318 g/mol. The van der Waals surface area contributed by atoms with Crippen molar-refractivity contribution in [3.05, 3.63) is 28.2 Å². The Kier molecular flexibility index (Phi) is 7.06. The van der Waals surface area contributed by atoms with Crippen LogP contribution in [0.1, 0.15) is 50.4 Å². The summed E-state index contributed by atoms with van der Waals surface area (Å²) in [6.45, 7) is 7.14. The summed E-state index contributed by atoms with van der Waals surface area (Å²) >= 11 is 3.40. The molecule has 1 atom stereocenters. The van der Waals surface area contributed by atoms with Crippen LogP contribution in [-0.4, -0.2) is 30.5 Å². The second kappa shape index (κ2) is 8.30. The molecular formula is C16H24BrNO2. The van der Waals surface area contributed by atoms with Crippen molar-refractivity contribution in [3.8, 4) is 5.75 Å². The molecule has 0 aliphatic carbocycles. The van der Waals surface area contributed by atoms with E-state index >= 15 is 0 Å². The number of ether oxygens (including phenoxy) is 1. The smallest absolute Gasteiger partial charge is 0.257 e. The number of rotatable bonds is 7. The van der Waals surface area contributed by atoms with Gasteiger partial charge in [0.25, 0.3) is 5.91 Å². The second-order valence-electron chi connectivity index (χ2n) is 4.95. The number of methoxy groups -OCH3 is 1. The Morgan fingerprint density at radius 2 is 2.10 bits per heavy atom. The molecule has 20 heavy (non-hydrogen) atoms. The maximum Gasteiger partial charge on any atom is 0.257 e. The van der Waals surface area contributed by atoms with Gasteiger partial charge in [0.15, 0.2) is 0 Å². The number of halogens is 1. The summed E-state index contributed by atoms with van der Waals surface area (Å²) in [5, 5.41) is 0. The highest BCUT2D eigenvalue weighted by Crippen LogP contribution is 2.25. The van der Waals surface area contributed by atoms with Crippen molar-refractivity contribution < 1.29 is 9.53 Å². The molecule has 1 rings (SSSR count). The van der Waals surface area contributed by atoms with Gasteiger partial charge in [0, 0.05) is 17.1 Å². The Hall–Kier alpha value is -1.03. The molecule has 0 bridgehead atoms. The fraction of sp³-hybridized carbons (Fsp3) is 0.562. The largest absolute Gasteiger partial charge is 0.496 e. The van der Waals surface area contributed by atoms with Gasteiger partial charge in [-0.15, -0.1) is 0 Å². The molecule has 0 heterocycles. The van der Waals surface area contributed by atoms with Crippen LogP contribution in [-0.2, 0) is 0 Å². The van der Waals surface area contributed by atoms with Crippen molar-refractivity contribution in [2.24, 2.45) is 0 Å². The molecule has 0 fully saturated rings. The summed E-state index contributed by atoms with van der Waals surface area (Å²) in [5.41, 5.74) is 0.632. The predicted octanol–water partition coefficient (Wildman–Crippen LogP) is 4.50. The van der Waals surface area contributed by atoms with Gasteiger partial charge in [-0.2, -0.15) is 0 Å². The Labute approximate surface area is 130 Å². The third kappa shape index (κ3) is 4.23. The first-order valence-corrected chi connectivity index (χ1v) is 7.98. The van der Waals surface area contributed by atoms with E-state index in [4.69, 9.17) is 4.74 Å². The third-order valence-electron chi connectivity index (χ3n) is 3.53. The van der Waals surface area contributed by atoms with Gasteiger partial charge in [-0.05, 0) is 38.0 Å². The Morgan fingerprint density at radius 3 is 2.65 bits per heavy atom. The van der Waals surface area contributed by atoms with E-state index in [1.807, 2.05) is 23.1 Å². The lowest BCUT2D eigenvalue weighted by Gasteiger charge is -2.29. The van der Waals surface area contributed by atoms with Crippen LogP contribution in [0.2, 0.25) is 0 Å². The van der Waals surface area contributed by atoms with Crippen LogP contribution in [0.4, 0.5) is 0 Å². The molecule has 4 heteroatoms. The van der Waals surface area contributed by atoms with Crippen molar-refractivity contribution in [1.82, 2.24) is 4.90 Å². The number of amides is 1. The van der Waals surface area contributed by atoms with Crippen LogP contribution in [0.25, 0.3) is 0 Å². The van der Waals surface area contributed by atoms with E-state index in [2.05, 4.69) is 36.7 Å². The summed E-state index contributed by atoms with van der Waals surface area (Å²) < 4.78 is 6.25. The van der Waals surface area contributed by atoms with Gasteiger partial charge in [0.05, 0.1) is 12.7 Å². The van der Waals surface area contributed by atoms with Gasteiger partial charge in [-0.3, -0.25) is 4.79 Å². The van der Waals surface area contributed by atoms with Crippen LogP contribution in [0.3, 0.4) is 0 Å². The molecule has 0 saturated heterocycles. The van der Waals surface area contributed by atoms with Gasteiger partial charge < -0.3 is 9.64 Å². The van der Waals surface area contributed by atoms with Gasteiger partial charge in [0.2, 0.25) is 0 Å². The quantitative estimate of drug-likeness (QED) is 0.730. The average Bonchev–Trinajstić information content (AvgIpc) is 2.46. The van der Waals surface area contributed by atoms with Crippen LogP contribution >= 0.6 is 15.9 Å². The van der Waals surface area contributed by atoms with Gasteiger partial charge in [-0.25, -0.2) is 0 Å². The normalized spacial score (nSPS) is 12.1. The number of benzene rings is 1. The molecule has 0 spiro atoms. The van der Waals surface area contributed by atoms with Crippen molar-refractivity contribution in [2.45, 2.75) is 46.1 Å². The highest BCUT2D eigenvalue weighted by atomic mass is 79.9. The fourth-order valence-electron chi connectivity index (χ4n) is 2.07. The first-order valence-electron chi connectivity index (χ1n) is 7.19. The van der Waals surface area contributed by atoms with E-state index in [1.54, 1.807) is 7.11 Å². The summed E-state index contributed by atoms with van der Waals surface area (Å²) in [6.07, 6.45) is 3.06. The second-order valence-corrected chi connectivity index (χ2v) is 5.87. The standard InChI is InChI=1S/C16H24BrNO2/c1-5-7-10-18(12(3)6-2)16(19)14-9-8-13(17)11-15(14)20-4/h8-9,11-12H,5-7,10H2,1-4H3. The molecule has 1 aromatic rings. The highest BCUT2D eigenvalue weighted by Gasteiger charge is 2.22. The summed E-state index contributed by atoms with van der Waals surface area (Å²) in [5.74, 6) is 0.673. The summed E-state index contributed by atoms with van der Waals surface area (Å²) in [7, 11) is 1.60. The number of nitrogens with zero attached hydrogens (tertiary/aromatic N) is 1. The van der Waals surface area contributed by atoms with Crippen LogP contribution in [0.5, 0.6) is 5.75 Å². The fourth-order valence-corrected chi connectivity index (χ4v) is 2.41. The van der Waals surface area contributed by atoms with Crippen molar-refractivity contribution in [2.75, 3.05) is 13.7 Å². The van der Waals surface area contributed by atoms with Crippen molar-refractivity contribution in [3.63, 3.8) is 0 Å². The van der Waals surface area contributed by atoms with E-state index in [-0.39, 0.29) is 11.9 Å². The molecule has 3 nitrogen and oxygen atoms in total. The number of carbonyl (C=O) groups is 1. The van der Waals surface area contributed by atoms with E-state index < -0.39 is 0 Å². The third-order valence-corrected chi connectivity index (χ3v) is 4.02. The summed E-state index contributed by atoms with van der Waals surface area (Å²) in [4.78, 5) is 14.7. The number of hydrogen-bond donors (Lipinski definition) is 0. The zero-order valence-corrected chi connectivity index (χ0v) is 14.4. The zero-order chi connectivity index (χ0) is 15.1. The number of carbonyl (C=O) groups excluding carboxylic acids is 1. The molecule has 112 valence electrons. The SMILES string of the molecule is CCCCN(C(=O)c1ccc(Br)cc1OC)C(C)CC. The first kappa shape index (κ1) is 17.0. The Morgan fingerprint density at radius 1 is 1.40 bits per heavy atom. The molecule has 1 amide bonds. The molecule has 0 aromatic heterocycles. The lowest BCUT2D eigenvalue weighted by Crippen LogP contribution is -2.39. The molecule has 0 radical (unpaired) electrons. The van der Waals surface area contributed by atoms with Gasteiger partial charge in [-0.1, -0.05) is 36.2 Å². The average molecular weight is 342 g/mol. The first-order chi connectivity index (χ1) is 9.54. The Bertz CT molecular complexity index is 448. The van der Waals surface area contributed by atoms with Crippen LogP contribution in [0.15, 0.2) is 22.7 Å². The minimum atomic E-state index is 0.0529. The number of unbranched alkanes of at least 4 members (excludes halogenated alkanes) is 1. The van der Waals surface area contributed by atoms with Crippen LogP contribution in [0, 0.1) is 0 Å². The van der Waals surface area contributed by atoms with E-state index in [0.717, 1.165) is 30.3 Å². The van der Waals surface area contributed by atoms with Gasteiger partial charge >= 0.3 is 0 Å². The molecule has 0 saturated carbocycles. The maximum absolute atomic E-state index is 12.8. The predicted molar refractivity (Wildman–Crippen MR) is 86.4 cm³/mol. The minimum Gasteiger partial charge on any atom is -0.496 e. The molecule has 0 aliphatic rings. The van der Waals surface area contributed by atoms with E-state index in [9.17, 15) is 4.79 Å². The molecule has 0 N–H and O–H groups in total. The topological polar surface area (TPSA) is 29.5 Å². The maximum atomic E-state index is 12.8. The van der Waals surface area contributed by atoms with Crippen LogP contribution < -0.4 is 4.74 Å². The highest BCUT2D eigenvalue weighted by molar-refractivity contribution is 9.10. The minimum absolute atomic E-state index is 0.0529. The lowest BCUT2D eigenvalue weighted by molar-refractivity contribution is 0.0682. The Balaban J connectivity index is 3.04.